The van der Waals surface area contributed by atoms with Gasteiger partial charge in [-0.1, -0.05) is 24.6 Å². The van der Waals surface area contributed by atoms with E-state index >= 15 is 0 Å². The van der Waals surface area contributed by atoms with Crippen molar-refractivity contribution >= 4 is 23.8 Å². The Labute approximate surface area is 117 Å². The number of benzene rings is 1. The van der Waals surface area contributed by atoms with Gasteiger partial charge >= 0.3 is 0 Å². The van der Waals surface area contributed by atoms with Crippen molar-refractivity contribution in [1.29, 1.82) is 0 Å². The Bertz CT molecular complexity index is 785. The predicted octanol–water partition coefficient (Wildman–Crippen LogP) is 0.865. The molecule has 2 aromatic rings. The Morgan fingerprint density at radius 3 is 2.90 bits per heavy atom. The van der Waals surface area contributed by atoms with E-state index in [0.717, 1.165) is 16.5 Å². The van der Waals surface area contributed by atoms with Crippen molar-refractivity contribution in [3.05, 3.63) is 59.4 Å². The first-order valence-electron chi connectivity index (χ1n) is 5.98. The van der Waals surface area contributed by atoms with Crippen LogP contribution in [0.25, 0.3) is 12.3 Å². The minimum atomic E-state index is 0.635. The molecule has 0 saturated heterocycles. The molecule has 0 aliphatic heterocycles. The fraction of sp³-hybridized carbons (Fsp3) is 0. The zero-order chi connectivity index (χ0) is 14.4. The van der Waals surface area contributed by atoms with E-state index in [-0.39, 0.29) is 0 Å². The molecule has 0 radical (unpaired) electrons. The molecule has 1 heterocycles. The summed E-state index contributed by atoms with van der Waals surface area (Å²) >= 11 is 0. The summed E-state index contributed by atoms with van der Waals surface area (Å²) in [6.07, 6.45) is 11.7. The Hall–Kier alpha value is -3.06. The number of rotatable bonds is 3. The van der Waals surface area contributed by atoms with Crippen molar-refractivity contribution in [1.82, 2.24) is 9.97 Å². The standard InChI is InChI=1S/C16H14N4/c1-3-6-14-15(10-17)18-11-19-16(14)20-13-8-5-7-12(4-2)9-13/h2-3,5-11H,1,17H2,(H,18,19,20)/b14-6+,15-10+. The molecule has 0 amide bonds. The highest BCUT2D eigenvalue weighted by Gasteiger charge is 2.00. The second-order valence-electron chi connectivity index (χ2n) is 3.94. The Kier molecular flexibility index (Phi) is 4.15. The van der Waals surface area contributed by atoms with Gasteiger partial charge in [0.25, 0.3) is 0 Å². The van der Waals surface area contributed by atoms with E-state index < -0.39 is 0 Å². The zero-order valence-electron chi connectivity index (χ0n) is 10.9. The summed E-state index contributed by atoms with van der Waals surface area (Å²) in [6.45, 7) is 3.69. The normalized spacial score (nSPS) is 11.9. The number of nitrogens with one attached hydrogen (secondary N) is 1. The van der Waals surface area contributed by atoms with Crippen molar-refractivity contribution in [2.45, 2.75) is 0 Å². The molecule has 20 heavy (non-hydrogen) atoms. The monoisotopic (exact) mass is 262 g/mol. The number of aromatic nitrogens is 2. The maximum atomic E-state index is 5.56. The van der Waals surface area contributed by atoms with Crippen molar-refractivity contribution in [3.8, 4) is 12.3 Å². The molecule has 0 aliphatic carbocycles. The minimum absolute atomic E-state index is 0.635. The van der Waals surface area contributed by atoms with E-state index in [1.54, 1.807) is 12.2 Å². The van der Waals surface area contributed by atoms with Gasteiger partial charge in [0.05, 0.1) is 5.35 Å². The SMILES string of the molecule is C#Cc1cccc(Nc2ncnc(=C/N)/c2=C\C=C)c1. The first-order valence-corrected chi connectivity index (χ1v) is 5.98. The third kappa shape index (κ3) is 2.85. The lowest BCUT2D eigenvalue weighted by molar-refractivity contribution is 1.10. The van der Waals surface area contributed by atoms with Gasteiger partial charge < -0.3 is 11.1 Å². The first kappa shape index (κ1) is 13.4. The second kappa shape index (κ2) is 6.21. The van der Waals surface area contributed by atoms with Crippen LogP contribution in [0.2, 0.25) is 0 Å². The maximum Gasteiger partial charge on any atom is 0.141 e. The van der Waals surface area contributed by atoms with E-state index in [1.807, 2.05) is 24.3 Å². The number of terminal acetylenes is 1. The number of nitrogens with zero attached hydrogens (tertiary/aromatic N) is 2. The first-order chi connectivity index (χ1) is 9.78. The number of hydrogen-bond acceptors (Lipinski definition) is 4. The van der Waals surface area contributed by atoms with Gasteiger partial charge in [0.1, 0.15) is 12.1 Å². The summed E-state index contributed by atoms with van der Waals surface area (Å²) in [6, 6.07) is 7.52. The number of hydrogen-bond donors (Lipinski definition) is 2. The average molecular weight is 262 g/mol. The molecule has 0 saturated carbocycles. The molecule has 4 nitrogen and oxygen atoms in total. The molecule has 1 aromatic heterocycles. The third-order valence-electron chi connectivity index (χ3n) is 2.65. The van der Waals surface area contributed by atoms with Crippen molar-refractivity contribution < 1.29 is 0 Å². The van der Waals surface area contributed by atoms with Gasteiger partial charge in [-0.2, -0.15) is 0 Å². The number of nitrogens with two attached hydrogens (primary N) is 1. The summed E-state index contributed by atoms with van der Waals surface area (Å²) < 4.78 is 0. The molecular weight excluding hydrogens is 248 g/mol. The van der Waals surface area contributed by atoms with Gasteiger partial charge in [0, 0.05) is 22.7 Å². The van der Waals surface area contributed by atoms with E-state index in [4.69, 9.17) is 12.2 Å². The Balaban J connectivity index is 2.52. The summed E-state index contributed by atoms with van der Waals surface area (Å²) in [7, 11) is 0. The van der Waals surface area contributed by atoms with Crippen LogP contribution >= 0.6 is 0 Å². The smallest absolute Gasteiger partial charge is 0.141 e. The highest BCUT2D eigenvalue weighted by atomic mass is 15.0. The predicted molar refractivity (Wildman–Crippen MR) is 82.3 cm³/mol. The van der Waals surface area contributed by atoms with E-state index in [2.05, 4.69) is 27.8 Å². The zero-order valence-corrected chi connectivity index (χ0v) is 10.9. The van der Waals surface area contributed by atoms with Crippen molar-refractivity contribution in [2.24, 2.45) is 5.73 Å². The van der Waals surface area contributed by atoms with Gasteiger partial charge in [0.15, 0.2) is 0 Å². The summed E-state index contributed by atoms with van der Waals surface area (Å²) in [4.78, 5) is 8.34. The molecule has 0 spiro atoms. The maximum absolute atomic E-state index is 5.56. The summed E-state index contributed by atoms with van der Waals surface area (Å²) in [5, 5.41) is 4.61. The summed E-state index contributed by atoms with van der Waals surface area (Å²) in [5.74, 6) is 3.24. The van der Waals surface area contributed by atoms with Crippen LogP contribution in [0, 0.1) is 12.3 Å². The quantitative estimate of drug-likeness (QED) is 0.805. The van der Waals surface area contributed by atoms with Gasteiger partial charge in [-0.15, -0.1) is 6.42 Å². The molecular formula is C16H14N4. The minimum Gasteiger partial charge on any atom is -0.403 e. The lowest BCUT2D eigenvalue weighted by Gasteiger charge is -2.06. The molecule has 0 atom stereocenters. The lowest BCUT2D eigenvalue weighted by Crippen LogP contribution is -2.32. The van der Waals surface area contributed by atoms with Crippen LogP contribution in [0.5, 0.6) is 0 Å². The third-order valence-corrected chi connectivity index (χ3v) is 2.65. The van der Waals surface area contributed by atoms with Gasteiger partial charge in [-0.25, -0.2) is 9.97 Å². The summed E-state index contributed by atoms with van der Waals surface area (Å²) in [5.41, 5.74) is 7.21. The Morgan fingerprint density at radius 1 is 1.35 bits per heavy atom. The molecule has 3 N–H and O–H groups in total. The van der Waals surface area contributed by atoms with Gasteiger partial charge in [0.2, 0.25) is 0 Å². The van der Waals surface area contributed by atoms with Crippen LogP contribution < -0.4 is 21.6 Å². The largest absolute Gasteiger partial charge is 0.403 e. The van der Waals surface area contributed by atoms with Gasteiger partial charge in [-0.05, 0) is 24.3 Å². The average Bonchev–Trinajstić information content (AvgIpc) is 2.49. The van der Waals surface area contributed by atoms with Crippen molar-refractivity contribution in [3.63, 3.8) is 0 Å². The van der Waals surface area contributed by atoms with Crippen molar-refractivity contribution in [2.75, 3.05) is 5.32 Å². The van der Waals surface area contributed by atoms with E-state index in [9.17, 15) is 0 Å². The van der Waals surface area contributed by atoms with Gasteiger partial charge in [-0.3, -0.25) is 0 Å². The van der Waals surface area contributed by atoms with Crippen LogP contribution in [-0.4, -0.2) is 9.97 Å². The lowest BCUT2D eigenvalue weighted by atomic mass is 10.2. The molecule has 0 unspecified atom stereocenters. The molecule has 4 heteroatoms. The number of anilines is 2. The highest BCUT2D eigenvalue weighted by Crippen LogP contribution is 2.12. The molecule has 2 rings (SSSR count). The van der Waals surface area contributed by atoms with Crippen LogP contribution in [-0.2, 0) is 0 Å². The van der Waals surface area contributed by atoms with E-state index in [0.29, 0.717) is 11.2 Å². The number of allylic oxidation sites excluding steroid dienone is 1. The molecule has 98 valence electrons. The van der Waals surface area contributed by atoms with Crippen LogP contribution in [0.1, 0.15) is 5.56 Å². The fourth-order valence-corrected chi connectivity index (χ4v) is 1.75. The molecule has 0 fully saturated rings. The topological polar surface area (TPSA) is 63.8 Å². The molecule has 1 aromatic carbocycles. The highest BCUT2D eigenvalue weighted by molar-refractivity contribution is 5.61. The second-order valence-corrected chi connectivity index (χ2v) is 3.94. The van der Waals surface area contributed by atoms with Crippen LogP contribution in [0.3, 0.4) is 0 Å². The fourth-order valence-electron chi connectivity index (χ4n) is 1.75. The van der Waals surface area contributed by atoms with Crippen LogP contribution in [0.15, 0.2) is 43.2 Å². The molecule has 0 aliphatic rings. The van der Waals surface area contributed by atoms with E-state index in [1.165, 1.54) is 12.5 Å². The van der Waals surface area contributed by atoms with Crippen LogP contribution in [0.4, 0.5) is 11.5 Å². The molecule has 0 bridgehead atoms. The Morgan fingerprint density at radius 2 is 2.20 bits per heavy atom.